The zero-order valence-corrected chi connectivity index (χ0v) is 9.71. The van der Waals surface area contributed by atoms with Crippen molar-refractivity contribution in [2.45, 2.75) is 6.54 Å². The molecule has 2 aromatic heterocycles. The molecule has 0 radical (unpaired) electrons. The van der Waals surface area contributed by atoms with Crippen LogP contribution in [0.4, 0.5) is 11.5 Å². The Kier molecular flexibility index (Phi) is 3.42. The number of carbonyl (C=O) groups is 1. The van der Waals surface area contributed by atoms with Gasteiger partial charge in [0, 0.05) is 12.3 Å². The fourth-order valence-electron chi connectivity index (χ4n) is 1.41. The average molecular weight is 248 g/mol. The van der Waals surface area contributed by atoms with Crippen LogP contribution in [-0.2, 0) is 11.3 Å². The average Bonchev–Trinajstić information content (AvgIpc) is 2.90. The van der Waals surface area contributed by atoms with E-state index in [0.29, 0.717) is 18.1 Å². The van der Waals surface area contributed by atoms with Crippen LogP contribution in [0.15, 0.2) is 29.0 Å². The molecule has 0 bridgehead atoms. The lowest BCUT2D eigenvalue weighted by Gasteiger charge is -2.09. The van der Waals surface area contributed by atoms with Gasteiger partial charge in [0.25, 0.3) is 0 Å². The van der Waals surface area contributed by atoms with E-state index < -0.39 is 5.97 Å². The van der Waals surface area contributed by atoms with Gasteiger partial charge in [0.05, 0.1) is 31.1 Å². The van der Waals surface area contributed by atoms with E-state index in [1.54, 1.807) is 12.3 Å². The number of pyridine rings is 1. The molecule has 2 aromatic rings. The van der Waals surface area contributed by atoms with Crippen molar-refractivity contribution >= 4 is 17.5 Å². The third kappa shape index (κ3) is 2.40. The maximum absolute atomic E-state index is 11.4. The summed E-state index contributed by atoms with van der Waals surface area (Å²) in [5, 5.41) is 6.53. The Bertz CT molecular complexity index is 539. The second-order valence-electron chi connectivity index (χ2n) is 3.44. The van der Waals surface area contributed by atoms with Crippen molar-refractivity contribution in [2.24, 2.45) is 0 Å². The minimum Gasteiger partial charge on any atom is -0.465 e. The van der Waals surface area contributed by atoms with E-state index in [1.807, 2.05) is 0 Å². The highest BCUT2D eigenvalue weighted by Crippen LogP contribution is 2.21. The van der Waals surface area contributed by atoms with Crippen molar-refractivity contribution < 1.29 is 14.1 Å². The van der Waals surface area contributed by atoms with Gasteiger partial charge in [-0.15, -0.1) is 0 Å². The third-order valence-corrected chi connectivity index (χ3v) is 2.32. The summed E-state index contributed by atoms with van der Waals surface area (Å²) in [4.78, 5) is 15.5. The molecule has 0 saturated carbocycles. The molecule has 0 aliphatic rings. The molecule has 0 fully saturated rings. The number of hydrogen-bond acceptors (Lipinski definition) is 7. The lowest BCUT2D eigenvalue weighted by atomic mass is 10.2. The third-order valence-electron chi connectivity index (χ3n) is 2.32. The Morgan fingerprint density at radius 3 is 3.00 bits per heavy atom. The van der Waals surface area contributed by atoms with Gasteiger partial charge in [0.15, 0.2) is 5.76 Å². The first-order chi connectivity index (χ1) is 8.72. The summed E-state index contributed by atoms with van der Waals surface area (Å²) in [6.45, 7) is 0.377. The molecule has 7 nitrogen and oxygen atoms in total. The molecule has 2 heterocycles. The molecule has 0 unspecified atom stereocenters. The van der Waals surface area contributed by atoms with Crippen molar-refractivity contribution in [3.8, 4) is 0 Å². The second kappa shape index (κ2) is 5.17. The smallest absolute Gasteiger partial charge is 0.340 e. The van der Waals surface area contributed by atoms with Crippen molar-refractivity contribution in [1.82, 2.24) is 10.1 Å². The predicted molar refractivity (Wildman–Crippen MR) is 63.8 cm³/mol. The van der Waals surface area contributed by atoms with Gasteiger partial charge in [-0.05, 0) is 6.07 Å². The van der Waals surface area contributed by atoms with Crippen molar-refractivity contribution in [3.05, 3.63) is 35.9 Å². The van der Waals surface area contributed by atoms with E-state index >= 15 is 0 Å². The van der Waals surface area contributed by atoms with Gasteiger partial charge < -0.3 is 20.3 Å². The first-order valence-electron chi connectivity index (χ1n) is 5.18. The van der Waals surface area contributed by atoms with Gasteiger partial charge in [0.2, 0.25) is 0 Å². The van der Waals surface area contributed by atoms with Gasteiger partial charge in [-0.1, -0.05) is 5.16 Å². The van der Waals surface area contributed by atoms with E-state index in [2.05, 4.69) is 20.2 Å². The van der Waals surface area contributed by atoms with Crippen LogP contribution in [0.25, 0.3) is 0 Å². The van der Waals surface area contributed by atoms with Crippen molar-refractivity contribution in [3.63, 3.8) is 0 Å². The number of nitrogens with two attached hydrogens (primary N) is 1. The Hall–Kier alpha value is -2.57. The normalized spacial score (nSPS) is 10.1. The summed E-state index contributed by atoms with van der Waals surface area (Å²) in [5.74, 6) is 0.534. The summed E-state index contributed by atoms with van der Waals surface area (Å²) in [7, 11) is 1.30. The maximum Gasteiger partial charge on any atom is 0.340 e. The second-order valence-corrected chi connectivity index (χ2v) is 3.44. The lowest BCUT2D eigenvalue weighted by Crippen LogP contribution is -2.10. The van der Waals surface area contributed by atoms with Crippen LogP contribution in [0.3, 0.4) is 0 Å². The van der Waals surface area contributed by atoms with E-state index in [-0.39, 0.29) is 11.3 Å². The molecular formula is C11H12N4O3. The van der Waals surface area contributed by atoms with Gasteiger partial charge in [0.1, 0.15) is 5.82 Å². The van der Waals surface area contributed by atoms with Crippen molar-refractivity contribution in [2.75, 3.05) is 18.2 Å². The number of methoxy groups -OCH3 is 1. The number of nitrogens with zero attached hydrogens (tertiary/aromatic N) is 2. The fraction of sp³-hybridized carbons (Fsp3) is 0.182. The zero-order valence-electron chi connectivity index (χ0n) is 9.71. The first-order valence-corrected chi connectivity index (χ1v) is 5.18. The highest BCUT2D eigenvalue weighted by molar-refractivity contribution is 5.97. The van der Waals surface area contributed by atoms with Crippen LogP contribution >= 0.6 is 0 Å². The van der Waals surface area contributed by atoms with Crippen LogP contribution in [0, 0.1) is 0 Å². The Morgan fingerprint density at radius 2 is 2.33 bits per heavy atom. The van der Waals surface area contributed by atoms with Crippen LogP contribution in [0.2, 0.25) is 0 Å². The van der Waals surface area contributed by atoms with Crippen LogP contribution in [0.5, 0.6) is 0 Å². The van der Waals surface area contributed by atoms with Crippen LogP contribution in [-0.4, -0.2) is 23.2 Å². The van der Waals surface area contributed by atoms with Gasteiger partial charge >= 0.3 is 5.97 Å². The zero-order chi connectivity index (χ0) is 13.0. The maximum atomic E-state index is 11.4. The highest BCUT2D eigenvalue weighted by Gasteiger charge is 2.13. The van der Waals surface area contributed by atoms with Crippen LogP contribution < -0.4 is 11.1 Å². The summed E-state index contributed by atoms with van der Waals surface area (Å²) >= 11 is 0. The number of nitrogen functional groups attached to an aromatic ring is 1. The minimum atomic E-state index is -0.502. The predicted octanol–water partition coefficient (Wildman–Crippen LogP) is 1.05. The molecule has 7 heteroatoms. The number of rotatable bonds is 4. The molecule has 18 heavy (non-hydrogen) atoms. The van der Waals surface area contributed by atoms with E-state index in [0.717, 1.165) is 0 Å². The summed E-state index contributed by atoms with van der Waals surface area (Å²) in [5.41, 5.74) is 6.34. The number of hydrogen-bond donors (Lipinski definition) is 2. The molecule has 3 N–H and O–H groups in total. The fourth-order valence-corrected chi connectivity index (χ4v) is 1.41. The number of aromatic nitrogens is 2. The number of anilines is 2. The van der Waals surface area contributed by atoms with E-state index in [4.69, 9.17) is 10.3 Å². The molecule has 0 amide bonds. The quantitative estimate of drug-likeness (QED) is 0.779. The number of ether oxygens (including phenoxy) is 1. The largest absolute Gasteiger partial charge is 0.465 e. The molecule has 0 aromatic carbocycles. The number of esters is 1. The molecule has 0 aliphatic heterocycles. The summed E-state index contributed by atoms with van der Waals surface area (Å²) < 4.78 is 9.54. The first kappa shape index (κ1) is 11.9. The van der Waals surface area contributed by atoms with E-state index in [9.17, 15) is 4.79 Å². The molecule has 0 aliphatic carbocycles. The standard InChI is InChI=1S/C11H12N4O3/c1-17-11(16)8-3-4-13-10(9(8)12)14-6-7-2-5-15-18-7/h2-5H,6,12H2,1H3,(H,13,14). The summed E-state index contributed by atoms with van der Waals surface area (Å²) in [6.07, 6.45) is 3.02. The van der Waals surface area contributed by atoms with E-state index in [1.165, 1.54) is 19.4 Å². The molecule has 2 rings (SSSR count). The van der Waals surface area contributed by atoms with Gasteiger partial charge in [-0.2, -0.15) is 0 Å². The minimum absolute atomic E-state index is 0.240. The highest BCUT2D eigenvalue weighted by atomic mass is 16.5. The molecular weight excluding hydrogens is 236 g/mol. The Morgan fingerprint density at radius 1 is 1.50 bits per heavy atom. The van der Waals surface area contributed by atoms with Crippen LogP contribution in [0.1, 0.15) is 16.1 Å². The Balaban J connectivity index is 2.16. The number of nitrogens with one attached hydrogen (secondary N) is 1. The Labute approximate surface area is 103 Å². The van der Waals surface area contributed by atoms with Gasteiger partial charge in [-0.3, -0.25) is 0 Å². The summed E-state index contributed by atoms with van der Waals surface area (Å²) in [6, 6.07) is 3.22. The molecule has 0 spiro atoms. The SMILES string of the molecule is COC(=O)c1ccnc(NCc2ccno2)c1N. The van der Waals surface area contributed by atoms with Gasteiger partial charge in [-0.25, -0.2) is 9.78 Å². The molecule has 0 saturated heterocycles. The van der Waals surface area contributed by atoms with Crippen molar-refractivity contribution in [1.29, 1.82) is 0 Å². The monoisotopic (exact) mass is 248 g/mol. The topological polar surface area (TPSA) is 103 Å². The lowest BCUT2D eigenvalue weighted by molar-refractivity contribution is 0.0602. The molecule has 94 valence electrons. The molecule has 0 atom stereocenters. The number of carbonyl (C=O) groups excluding carboxylic acids is 1.